The Balaban J connectivity index is 2.29. The number of nitrogens with one attached hydrogen (secondary N) is 1. The molecule has 0 aliphatic heterocycles. The molecule has 1 heterocycles. The van der Waals surface area contributed by atoms with E-state index in [2.05, 4.69) is 10.3 Å². The lowest BCUT2D eigenvalue weighted by atomic mass is 10.0. The minimum absolute atomic E-state index is 0.132. The molecular formula is C15H17F3N2S. The molecule has 1 aromatic carbocycles. The van der Waals surface area contributed by atoms with Crippen molar-refractivity contribution in [2.75, 3.05) is 6.54 Å². The highest BCUT2D eigenvalue weighted by Gasteiger charge is 2.21. The zero-order valence-corrected chi connectivity index (χ0v) is 12.7. The van der Waals surface area contributed by atoms with Crippen LogP contribution < -0.4 is 5.32 Å². The van der Waals surface area contributed by atoms with Crippen molar-refractivity contribution < 1.29 is 13.2 Å². The third-order valence-electron chi connectivity index (χ3n) is 3.16. The van der Waals surface area contributed by atoms with Gasteiger partial charge in [0.15, 0.2) is 17.5 Å². The first-order valence-electron chi connectivity index (χ1n) is 6.80. The fourth-order valence-corrected chi connectivity index (χ4v) is 2.76. The van der Waals surface area contributed by atoms with Gasteiger partial charge in [0.25, 0.3) is 0 Å². The second kappa shape index (κ2) is 7.04. The zero-order valence-electron chi connectivity index (χ0n) is 11.9. The van der Waals surface area contributed by atoms with Crippen LogP contribution in [-0.2, 0) is 6.42 Å². The quantitative estimate of drug-likeness (QED) is 0.810. The molecule has 0 fully saturated rings. The highest BCUT2D eigenvalue weighted by atomic mass is 32.1. The molecule has 0 saturated carbocycles. The molecule has 0 spiro atoms. The number of rotatable bonds is 6. The first-order chi connectivity index (χ1) is 10.0. The average molecular weight is 314 g/mol. The summed E-state index contributed by atoms with van der Waals surface area (Å²) in [4.78, 5) is 4.34. The SMILES string of the molecule is CCCNC(Cc1csc(C)n1)c1ccc(F)c(F)c1F. The van der Waals surface area contributed by atoms with E-state index >= 15 is 0 Å². The van der Waals surface area contributed by atoms with Gasteiger partial charge in [-0.3, -0.25) is 0 Å². The van der Waals surface area contributed by atoms with Crippen LogP contribution in [0.1, 0.15) is 35.7 Å². The molecule has 21 heavy (non-hydrogen) atoms. The van der Waals surface area contributed by atoms with Crippen LogP contribution in [0, 0.1) is 24.4 Å². The maximum Gasteiger partial charge on any atom is 0.194 e. The van der Waals surface area contributed by atoms with E-state index in [1.807, 2.05) is 19.2 Å². The summed E-state index contributed by atoms with van der Waals surface area (Å²) in [5.41, 5.74) is 0.947. The molecule has 2 nitrogen and oxygen atoms in total. The minimum Gasteiger partial charge on any atom is -0.310 e. The summed E-state index contributed by atoms with van der Waals surface area (Å²) in [5, 5.41) is 5.98. The van der Waals surface area contributed by atoms with E-state index in [4.69, 9.17) is 0 Å². The summed E-state index contributed by atoms with van der Waals surface area (Å²) in [7, 11) is 0. The topological polar surface area (TPSA) is 24.9 Å². The number of hydrogen-bond acceptors (Lipinski definition) is 3. The molecule has 0 amide bonds. The molecule has 2 rings (SSSR count). The Hall–Kier alpha value is -1.40. The number of aromatic nitrogens is 1. The van der Waals surface area contributed by atoms with Gasteiger partial charge < -0.3 is 5.32 Å². The molecule has 1 atom stereocenters. The van der Waals surface area contributed by atoms with Crippen LogP contribution in [0.25, 0.3) is 0 Å². The number of thiazole rings is 1. The number of hydrogen-bond donors (Lipinski definition) is 1. The van der Waals surface area contributed by atoms with E-state index in [9.17, 15) is 13.2 Å². The summed E-state index contributed by atoms with van der Waals surface area (Å²) in [6, 6.07) is 1.82. The number of benzene rings is 1. The molecule has 0 aliphatic carbocycles. The van der Waals surface area contributed by atoms with Crippen molar-refractivity contribution in [3.63, 3.8) is 0 Å². The van der Waals surface area contributed by atoms with Gasteiger partial charge in [0.05, 0.1) is 10.7 Å². The second-order valence-corrected chi connectivity index (χ2v) is 5.90. The van der Waals surface area contributed by atoms with Gasteiger partial charge in [0, 0.05) is 23.4 Å². The van der Waals surface area contributed by atoms with Crippen molar-refractivity contribution in [2.45, 2.75) is 32.7 Å². The Bertz CT molecular complexity index is 613. The van der Waals surface area contributed by atoms with E-state index in [0.29, 0.717) is 13.0 Å². The maximum absolute atomic E-state index is 14.0. The van der Waals surface area contributed by atoms with E-state index in [0.717, 1.165) is 23.2 Å². The van der Waals surface area contributed by atoms with Crippen molar-refractivity contribution in [2.24, 2.45) is 0 Å². The molecule has 0 aliphatic rings. The molecule has 0 saturated heterocycles. The van der Waals surface area contributed by atoms with Crippen molar-refractivity contribution in [1.82, 2.24) is 10.3 Å². The van der Waals surface area contributed by atoms with Crippen LogP contribution in [0.4, 0.5) is 13.2 Å². The molecular weight excluding hydrogens is 297 g/mol. The Morgan fingerprint density at radius 2 is 2.00 bits per heavy atom. The molecule has 2 aromatic rings. The summed E-state index contributed by atoms with van der Waals surface area (Å²) in [6.07, 6.45) is 1.30. The van der Waals surface area contributed by atoms with Crippen LogP contribution in [0.3, 0.4) is 0 Å². The number of halogens is 3. The van der Waals surface area contributed by atoms with Crippen LogP contribution >= 0.6 is 11.3 Å². The van der Waals surface area contributed by atoms with Crippen molar-refractivity contribution in [3.8, 4) is 0 Å². The third-order valence-corrected chi connectivity index (χ3v) is 3.98. The van der Waals surface area contributed by atoms with E-state index < -0.39 is 23.5 Å². The Morgan fingerprint density at radius 3 is 2.62 bits per heavy atom. The predicted molar refractivity (Wildman–Crippen MR) is 77.9 cm³/mol. The minimum atomic E-state index is -1.43. The Labute approximate surface area is 126 Å². The largest absolute Gasteiger partial charge is 0.310 e. The van der Waals surface area contributed by atoms with Crippen LogP contribution in [0.5, 0.6) is 0 Å². The molecule has 1 aromatic heterocycles. The van der Waals surface area contributed by atoms with E-state index in [1.54, 1.807) is 0 Å². The van der Waals surface area contributed by atoms with Crippen LogP contribution in [0.2, 0.25) is 0 Å². The number of aryl methyl sites for hydroxylation is 1. The summed E-state index contributed by atoms with van der Waals surface area (Å²) in [6.45, 7) is 4.53. The lowest BCUT2D eigenvalue weighted by Crippen LogP contribution is -2.25. The summed E-state index contributed by atoms with van der Waals surface area (Å²) >= 11 is 1.51. The summed E-state index contributed by atoms with van der Waals surface area (Å²) in [5.74, 6) is -3.73. The molecule has 0 bridgehead atoms. The maximum atomic E-state index is 14.0. The third kappa shape index (κ3) is 3.83. The zero-order chi connectivity index (χ0) is 15.4. The van der Waals surface area contributed by atoms with Gasteiger partial charge in [0.1, 0.15) is 0 Å². The first kappa shape index (κ1) is 16.0. The van der Waals surface area contributed by atoms with Gasteiger partial charge in [0.2, 0.25) is 0 Å². The van der Waals surface area contributed by atoms with Crippen LogP contribution in [-0.4, -0.2) is 11.5 Å². The van der Waals surface area contributed by atoms with Gasteiger partial charge in [-0.1, -0.05) is 13.0 Å². The lowest BCUT2D eigenvalue weighted by molar-refractivity contribution is 0.422. The lowest BCUT2D eigenvalue weighted by Gasteiger charge is -2.19. The highest BCUT2D eigenvalue weighted by molar-refractivity contribution is 7.09. The smallest absolute Gasteiger partial charge is 0.194 e. The highest BCUT2D eigenvalue weighted by Crippen LogP contribution is 2.25. The summed E-state index contributed by atoms with van der Waals surface area (Å²) < 4.78 is 40.5. The van der Waals surface area contributed by atoms with Gasteiger partial charge in [-0.15, -0.1) is 11.3 Å². The molecule has 1 N–H and O–H groups in total. The van der Waals surface area contributed by atoms with Gasteiger partial charge >= 0.3 is 0 Å². The molecule has 6 heteroatoms. The monoisotopic (exact) mass is 314 g/mol. The first-order valence-corrected chi connectivity index (χ1v) is 7.68. The Kier molecular flexibility index (Phi) is 5.36. The van der Waals surface area contributed by atoms with E-state index in [-0.39, 0.29) is 5.56 Å². The predicted octanol–water partition coefficient (Wildman–Crippen LogP) is 4.15. The van der Waals surface area contributed by atoms with E-state index in [1.165, 1.54) is 17.4 Å². The van der Waals surface area contributed by atoms with Crippen molar-refractivity contribution in [3.05, 3.63) is 51.2 Å². The van der Waals surface area contributed by atoms with Crippen molar-refractivity contribution >= 4 is 11.3 Å². The average Bonchev–Trinajstić information content (AvgIpc) is 2.87. The van der Waals surface area contributed by atoms with Crippen LogP contribution in [0.15, 0.2) is 17.5 Å². The van der Waals surface area contributed by atoms with Gasteiger partial charge in [-0.25, -0.2) is 18.2 Å². The Morgan fingerprint density at radius 1 is 1.24 bits per heavy atom. The fraction of sp³-hybridized carbons (Fsp3) is 0.400. The van der Waals surface area contributed by atoms with Gasteiger partial charge in [-0.2, -0.15) is 0 Å². The normalized spacial score (nSPS) is 12.6. The van der Waals surface area contributed by atoms with Gasteiger partial charge in [-0.05, 0) is 26.0 Å². The fourth-order valence-electron chi connectivity index (χ4n) is 2.13. The molecule has 114 valence electrons. The second-order valence-electron chi connectivity index (χ2n) is 4.83. The standard InChI is InChI=1S/C15H17F3N2S/c1-3-6-19-13(7-10-8-21-9(2)20-10)11-4-5-12(16)15(18)14(11)17/h4-5,8,13,19H,3,6-7H2,1-2H3. The van der Waals surface area contributed by atoms with Crippen molar-refractivity contribution in [1.29, 1.82) is 0 Å². The molecule has 0 radical (unpaired) electrons. The number of nitrogens with zero attached hydrogens (tertiary/aromatic N) is 1. The molecule has 1 unspecified atom stereocenters.